The second-order valence-electron chi connectivity index (χ2n) is 11.3. The summed E-state index contributed by atoms with van der Waals surface area (Å²) in [6.45, 7) is 12.3. The summed E-state index contributed by atoms with van der Waals surface area (Å²) in [7, 11) is -4.27. The van der Waals surface area contributed by atoms with Crippen LogP contribution in [0.5, 0.6) is 0 Å². The van der Waals surface area contributed by atoms with Crippen LogP contribution in [0.4, 0.5) is 11.6 Å². The van der Waals surface area contributed by atoms with E-state index in [1.54, 1.807) is 6.20 Å². The minimum Gasteiger partial charge on any atom is -0.748 e. The first-order chi connectivity index (χ1) is 18.0. The average Bonchev–Trinajstić information content (AvgIpc) is 3.24. The summed E-state index contributed by atoms with van der Waals surface area (Å²) in [4.78, 5) is 11.7. The van der Waals surface area contributed by atoms with Gasteiger partial charge in [-0.1, -0.05) is 45.8 Å². The van der Waals surface area contributed by atoms with E-state index in [-0.39, 0.29) is 17.3 Å². The van der Waals surface area contributed by atoms with E-state index in [0.717, 1.165) is 41.6 Å². The van der Waals surface area contributed by atoms with Gasteiger partial charge >= 0.3 is 5.82 Å². The summed E-state index contributed by atoms with van der Waals surface area (Å²) in [5.74, 6) is 1.46. The minimum absolute atomic E-state index is 0.214. The Morgan fingerprint density at radius 3 is 2.53 bits per heavy atom. The molecule has 0 aromatic carbocycles. The summed E-state index contributed by atoms with van der Waals surface area (Å²) in [6.07, 6.45) is 15.2. The van der Waals surface area contributed by atoms with Crippen LogP contribution >= 0.6 is 0 Å². The zero-order chi connectivity index (χ0) is 27.6. The molecule has 0 spiro atoms. The molecule has 0 fully saturated rings. The first-order valence-corrected chi connectivity index (χ1v) is 15.2. The first-order valence-electron chi connectivity index (χ1n) is 13.6. The van der Waals surface area contributed by atoms with Crippen LogP contribution in [0.25, 0.3) is 0 Å². The number of unbranched alkanes of at least 4 members (excludes halogenated alkanes) is 3. The number of pyridine rings is 2. The van der Waals surface area contributed by atoms with E-state index in [2.05, 4.69) is 80.7 Å². The van der Waals surface area contributed by atoms with Gasteiger partial charge in [-0.3, -0.25) is 0 Å². The van der Waals surface area contributed by atoms with Crippen LogP contribution in [0.2, 0.25) is 0 Å². The molecule has 0 bridgehead atoms. The van der Waals surface area contributed by atoms with Gasteiger partial charge in [0.1, 0.15) is 5.82 Å². The highest BCUT2D eigenvalue weighted by molar-refractivity contribution is 7.85. The molecule has 0 N–H and O–H groups in total. The van der Waals surface area contributed by atoms with Crippen LogP contribution in [0.3, 0.4) is 0 Å². The molecular formula is C30H40N4O3S. The molecule has 0 atom stereocenters. The van der Waals surface area contributed by atoms with E-state index in [1.165, 1.54) is 24.8 Å². The van der Waals surface area contributed by atoms with Gasteiger partial charge in [-0.2, -0.15) is 0 Å². The highest BCUT2D eigenvalue weighted by Crippen LogP contribution is 2.46. The van der Waals surface area contributed by atoms with E-state index in [9.17, 15) is 13.0 Å². The summed E-state index contributed by atoms with van der Waals surface area (Å²) >= 11 is 0. The Balaban J connectivity index is 1.61. The molecule has 2 aliphatic heterocycles. The maximum atomic E-state index is 11.2. The van der Waals surface area contributed by atoms with Crippen molar-refractivity contribution in [2.45, 2.75) is 84.1 Å². The topological polar surface area (TPSA) is 89.6 Å². The maximum Gasteiger partial charge on any atom is 0.327 e. The Morgan fingerprint density at radius 2 is 1.79 bits per heavy atom. The van der Waals surface area contributed by atoms with Crippen molar-refractivity contribution in [2.24, 2.45) is 4.99 Å². The number of aryl methyl sites for hydroxylation is 1. The fourth-order valence-electron chi connectivity index (χ4n) is 5.53. The number of nitrogens with zero attached hydrogens (tertiary/aromatic N) is 4. The predicted molar refractivity (Wildman–Crippen MR) is 152 cm³/mol. The van der Waals surface area contributed by atoms with Crippen LogP contribution in [0, 0.1) is 0 Å². The van der Waals surface area contributed by atoms with E-state index in [0.29, 0.717) is 6.54 Å². The first kappa shape index (κ1) is 28.2. The number of allylic oxidation sites excluding steroid dienone is 4. The largest absolute Gasteiger partial charge is 0.748 e. The summed E-state index contributed by atoms with van der Waals surface area (Å²) in [6, 6.07) is 8.28. The molecule has 4 heterocycles. The number of aliphatic imine (C=N–C) groups is 1. The molecule has 0 aliphatic carbocycles. The highest BCUT2D eigenvalue weighted by Gasteiger charge is 2.43. The van der Waals surface area contributed by atoms with Crippen molar-refractivity contribution in [1.29, 1.82) is 0 Å². The summed E-state index contributed by atoms with van der Waals surface area (Å²) in [5, 5.41) is 0. The molecule has 7 nitrogen and oxygen atoms in total. The lowest BCUT2D eigenvalue weighted by atomic mass is 9.82. The predicted octanol–water partition coefficient (Wildman–Crippen LogP) is 5.49. The van der Waals surface area contributed by atoms with Crippen molar-refractivity contribution in [3.8, 4) is 0 Å². The molecule has 8 heteroatoms. The third-order valence-electron chi connectivity index (χ3n) is 7.77. The Bertz CT molecular complexity index is 1370. The van der Waals surface area contributed by atoms with Crippen molar-refractivity contribution in [3.05, 3.63) is 71.7 Å². The molecule has 0 saturated heterocycles. The van der Waals surface area contributed by atoms with Crippen molar-refractivity contribution in [2.75, 3.05) is 17.2 Å². The van der Waals surface area contributed by atoms with Crippen molar-refractivity contribution in [3.63, 3.8) is 0 Å². The van der Waals surface area contributed by atoms with Crippen molar-refractivity contribution < 1.29 is 17.5 Å². The van der Waals surface area contributed by atoms with E-state index in [4.69, 9.17) is 4.99 Å². The van der Waals surface area contributed by atoms with Gasteiger partial charge in [-0.05, 0) is 68.5 Å². The lowest BCUT2D eigenvalue weighted by Crippen LogP contribution is -2.34. The molecule has 4 rings (SSSR count). The lowest BCUT2D eigenvalue weighted by Gasteiger charge is -2.26. The molecule has 38 heavy (non-hydrogen) atoms. The molecule has 0 unspecified atom stereocenters. The molecule has 0 saturated carbocycles. The molecule has 2 aromatic rings. The molecular weight excluding hydrogens is 496 g/mol. The third-order valence-corrected chi connectivity index (χ3v) is 8.55. The monoisotopic (exact) mass is 536 g/mol. The van der Waals surface area contributed by atoms with Gasteiger partial charge in [0.25, 0.3) is 0 Å². The zero-order valence-electron chi connectivity index (χ0n) is 23.3. The number of anilines is 1. The van der Waals surface area contributed by atoms with E-state index >= 15 is 0 Å². The number of fused-ring (bicyclic) bond motifs is 2. The summed E-state index contributed by atoms with van der Waals surface area (Å²) in [5.41, 5.74) is 3.82. The average molecular weight is 537 g/mol. The number of hydrogen-bond donors (Lipinski definition) is 0. The molecule has 0 radical (unpaired) electrons. The fraction of sp³-hybridized carbons (Fsp3) is 0.500. The van der Waals surface area contributed by atoms with Crippen molar-refractivity contribution >= 4 is 27.5 Å². The molecule has 2 aromatic heterocycles. The molecule has 2 aliphatic rings. The van der Waals surface area contributed by atoms with E-state index < -0.39 is 15.9 Å². The molecule has 0 amide bonds. The van der Waals surface area contributed by atoms with Gasteiger partial charge in [0.2, 0.25) is 0 Å². The van der Waals surface area contributed by atoms with Gasteiger partial charge in [0.05, 0.1) is 33.8 Å². The SMILES string of the molecule is CCCCCC[n+]1cccc2c1N=C(/C=C/C=C1/N(CCCS(=O)(=O)[O-])c3ncccc3C1(C)C)C2(C)C. The highest BCUT2D eigenvalue weighted by atomic mass is 32.2. The number of hydrogen-bond acceptors (Lipinski definition) is 6. The maximum absolute atomic E-state index is 11.2. The Kier molecular flexibility index (Phi) is 8.23. The smallest absolute Gasteiger partial charge is 0.327 e. The van der Waals surface area contributed by atoms with Crippen LogP contribution in [-0.4, -0.2) is 36.0 Å². The molecule has 204 valence electrons. The van der Waals surface area contributed by atoms with E-state index in [1.807, 2.05) is 17.0 Å². The quantitative estimate of drug-likeness (QED) is 0.215. The standard InChI is InChI=1S/C30H40N4O3S/c1-6-7-8-9-19-33-20-12-15-24-28(33)32-25(29(24,2)3)16-10-17-26-30(4,5)23-14-11-18-31-27(23)34(26)21-13-22-38(35,36)37/h10-12,14-18,20H,6-9,13,19,21-22H2,1-5H3. The second-order valence-corrected chi connectivity index (χ2v) is 12.8. The van der Waals surface area contributed by atoms with Gasteiger partial charge in [0, 0.05) is 35.2 Å². The minimum atomic E-state index is -4.27. The second kappa shape index (κ2) is 11.1. The van der Waals surface area contributed by atoms with Crippen LogP contribution in [-0.2, 0) is 27.5 Å². The number of aromatic nitrogens is 2. The van der Waals surface area contributed by atoms with Gasteiger partial charge in [-0.25, -0.2) is 18.0 Å². The lowest BCUT2D eigenvalue weighted by molar-refractivity contribution is -0.684. The fourth-order valence-corrected chi connectivity index (χ4v) is 6.01. The Morgan fingerprint density at radius 1 is 1.03 bits per heavy atom. The van der Waals surface area contributed by atoms with Crippen molar-refractivity contribution in [1.82, 2.24) is 4.98 Å². The van der Waals surface area contributed by atoms with Crippen LogP contribution in [0.15, 0.2) is 65.6 Å². The van der Waals surface area contributed by atoms with Crippen LogP contribution < -0.4 is 9.47 Å². The van der Waals surface area contributed by atoms with Gasteiger partial charge < -0.3 is 9.45 Å². The Hall–Kier alpha value is -2.84. The normalized spacial score (nSPS) is 18.7. The summed E-state index contributed by atoms with van der Waals surface area (Å²) < 4.78 is 35.9. The third kappa shape index (κ3) is 5.76. The Labute approximate surface area is 227 Å². The number of rotatable bonds is 11. The van der Waals surface area contributed by atoms with Crippen LogP contribution in [0.1, 0.15) is 77.8 Å². The zero-order valence-corrected chi connectivity index (χ0v) is 24.1. The van der Waals surface area contributed by atoms with Gasteiger partial charge in [-0.15, -0.1) is 0 Å². The van der Waals surface area contributed by atoms with Gasteiger partial charge in [0.15, 0.2) is 5.71 Å².